The third-order valence-corrected chi connectivity index (χ3v) is 6.03. The first-order valence-electron chi connectivity index (χ1n) is 7.49. The van der Waals surface area contributed by atoms with Crippen molar-refractivity contribution < 1.29 is 8.92 Å². The van der Waals surface area contributed by atoms with E-state index in [0.29, 0.717) is 26.4 Å². The monoisotopic (exact) mass is 403 g/mol. The molecule has 2 heterocycles. The standard InChI is InChI=1S/C15H24BrN4O2S/c1-15(2,3)23(4)22-10-9-21-8-6-17-13-5-7-20-14(19-13)12(16)11-18-20/h5,7,11H,6,8-10H2,1-4H3,(H,17,19)/q+1. The molecule has 1 N–H and O–H groups in total. The van der Waals surface area contributed by atoms with E-state index < -0.39 is 0 Å². The van der Waals surface area contributed by atoms with E-state index in [0.717, 1.165) is 15.9 Å². The van der Waals surface area contributed by atoms with Gasteiger partial charge in [-0.15, -0.1) is 0 Å². The predicted molar refractivity (Wildman–Crippen MR) is 99.0 cm³/mol. The van der Waals surface area contributed by atoms with Gasteiger partial charge < -0.3 is 10.1 Å². The zero-order valence-electron chi connectivity index (χ0n) is 14.0. The van der Waals surface area contributed by atoms with Gasteiger partial charge >= 0.3 is 0 Å². The Morgan fingerprint density at radius 3 is 2.83 bits per heavy atom. The highest BCUT2D eigenvalue weighted by Gasteiger charge is 2.31. The number of nitrogens with zero attached hydrogens (tertiary/aromatic N) is 3. The largest absolute Gasteiger partial charge is 0.377 e. The fourth-order valence-corrected chi connectivity index (χ4v) is 2.72. The molecule has 6 nitrogen and oxygen atoms in total. The summed E-state index contributed by atoms with van der Waals surface area (Å²) in [6.07, 6.45) is 5.73. The fraction of sp³-hybridized carbons (Fsp3) is 0.600. The second kappa shape index (κ2) is 8.32. The number of ether oxygens (including phenoxy) is 1. The van der Waals surface area contributed by atoms with Gasteiger partial charge in [0.2, 0.25) is 0 Å². The third-order valence-electron chi connectivity index (χ3n) is 3.23. The molecule has 8 heteroatoms. The number of hydrogen-bond donors (Lipinski definition) is 1. The molecule has 0 radical (unpaired) electrons. The Kier molecular flexibility index (Phi) is 6.70. The van der Waals surface area contributed by atoms with E-state index in [-0.39, 0.29) is 15.9 Å². The van der Waals surface area contributed by atoms with Gasteiger partial charge in [-0.25, -0.2) is 9.50 Å². The molecule has 2 aromatic rings. The molecule has 0 saturated heterocycles. The number of nitrogens with one attached hydrogen (secondary N) is 1. The van der Waals surface area contributed by atoms with Crippen molar-refractivity contribution in [3.05, 3.63) is 22.9 Å². The number of fused-ring (bicyclic) bond motifs is 1. The molecule has 0 spiro atoms. The van der Waals surface area contributed by atoms with Crippen molar-refractivity contribution in [2.24, 2.45) is 0 Å². The molecule has 2 rings (SSSR count). The Bertz CT molecular complexity index is 629. The minimum atomic E-state index is -0.0543. The first-order valence-corrected chi connectivity index (χ1v) is 9.84. The van der Waals surface area contributed by atoms with Gasteiger partial charge in [-0.05, 0) is 42.8 Å². The molecule has 0 aliphatic heterocycles. The third kappa shape index (κ3) is 5.63. The van der Waals surface area contributed by atoms with Gasteiger partial charge in [0.05, 0.1) is 23.9 Å². The summed E-state index contributed by atoms with van der Waals surface area (Å²) in [4.78, 5) is 4.48. The van der Waals surface area contributed by atoms with Gasteiger partial charge in [0.1, 0.15) is 29.9 Å². The van der Waals surface area contributed by atoms with Crippen molar-refractivity contribution in [1.29, 1.82) is 0 Å². The van der Waals surface area contributed by atoms with Crippen LogP contribution < -0.4 is 5.32 Å². The van der Waals surface area contributed by atoms with Crippen molar-refractivity contribution in [2.75, 3.05) is 37.9 Å². The highest BCUT2D eigenvalue weighted by Crippen LogP contribution is 2.17. The lowest BCUT2D eigenvalue weighted by molar-refractivity contribution is 0.113. The first-order chi connectivity index (χ1) is 10.9. The van der Waals surface area contributed by atoms with E-state index in [1.165, 1.54) is 0 Å². The van der Waals surface area contributed by atoms with Gasteiger partial charge in [-0.3, -0.25) is 0 Å². The van der Waals surface area contributed by atoms with Crippen LogP contribution in [0.3, 0.4) is 0 Å². The second-order valence-electron chi connectivity index (χ2n) is 6.00. The van der Waals surface area contributed by atoms with Crippen molar-refractivity contribution in [3.8, 4) is 0 Å². The Labute approximate surface area is 148 Å². The van der Waals surface area contributed by atoms with Crippen LogP contribution in [0.2, 0.25) is 0 Å². The molecular formula is C15H24BrN4O2S+. The van der Waals surface area contributed by atoms with Crippen LogP contribution in [0.25, 0.3) is 5.65 Å². The topological polar surface area (TPSA) is 60.7 Å². The molecule has 0 amide bonds. The Hall–Kier alpha value is -0.830. The summed E-state index contributed by atoms with van der Waals surface area (Å²) in [5.74, 6) is 0.807. The van der Waals surface area contributed by atoms with E-state index in [1.54, 1.807) is 10.7 Å². The highest BCUT2D eigenvalue weighted by atomic mass is 79.9. The van der Waals surface area contributed by atoms with Gasteiger partial charge in [0, 0.05) is 12.7 Å². The molecule has 0 bridgehead atoms. The number of hydrogen-bond acceptors (Lipinski definition) is 5. The SMILES string of the molecule is C[S+](OCCOCCNc1ccn2ncc(Br)c2n1)C(C)(C)C. The lowest BCUT2D eigenvalue weighted by atomic mass is 10.3. The van der Waals surface area contributed by atoms with Crippen molar-refractivity contribution in [3.63, 3.8) is 0 Å². The fourth-order valence-electron chi connectivity index (χ4n) is 1.69. The zero-order chi connectivity index (χ0) is 16.9. The molecule has 0 aliphatic rings. The number of rotatable bonds is 8. The van der Waals surface area contributed by atoms with Gasteiger partial charge in [-0.1, -0.05) is 0 Å². The number of anilines is 1. The van der Waals surface area contributed by atoms with E-state index in [1.807, 2.05) is 12.3 Å². The maximum Gasteiger partial charge on any atom is 0.171 e. The number of halogens is 1. The van der Waals surface area contributed by atoms with E-state index >= 15 is 0 Å². The summed E-state index contributed by atoms with van der Waals surface area (Å²) in [5.41, 5.74) is 0.793. The van der Waals surface area contributed by atoms with Crippen LogP contribution in [0.5, 0.6) is 0 Å². The van der Waals surface area contributed by atoms with Crippen molar-refractivity contribution in [2.45, 2.75) is 25.5 Å². The lowest BCUT2D eigenvalue weighted by Gasteiger charge is -2.15. The summed E-state index contributed by atoms with van der Waals surface area (Å²) >= 11 is 3.37. The quantitative estimate of drug-likeness (QED) is 0.542. The van der Waals surface area contributed by atoms with E-state index in [9.17, 15) is 0 Å². The molecule has 0 aromatic carbocycles. The molecule has 128 valence electrons. The molecule has 23 heavy (non-hydrogen) atoms. The molecular weight excluding hydrogens is 380 g/mol. The summed E-state index contributed by atoms with van der Waals surface area (Å²) in [6.45, 7) is 9.10. The first kappa shape index (κ1) is 18.5. The van der Waals surface area contributed by atoms with Crippen LogP contribution >= 0.6 is 15.9 Å². The Balaban J connectivity index is 1.62. The molecule has 1 unspecified atom stereocenters. The lowest BCUT2D eigenvalue weighted by Crippen LogP contribution is -2.30. The molecule has 2 aromatic heterocycles. The van der Waals surface area contributed by atoms with Crippen molar-refractivity contribution >= 4 is 38.6 Å². The molecule has 1 atom stereocenters. The molecule has 0 aliphatic carbocycles. The van der Waals surface area contributed by atoms with Crippen LogP contribution in [0.1, 0.15) is 20.8 Å². The summed E-state index contributed by atoms with van der Waals surface area (Å²) in [6, 6.07) is 1.89. The van der Waals surface area contributed by atoms with Crippen LogP contribution in [0, 0.1) is 0 Å². The van der Waals surface area contributed by atoms with Crippen LogP contribution in [-0.2, 0) is 20.1 Å². The molecule has 0 fully saturated rings. The smallest absolute Gasteiger partial charge is 0.171 e. The zero-order valence-corrected chi connectivity index (χ0v) is 16.4. The summed E-state index contributed by atoms with van der Waals surface area (Å²) < 4.78 is 14.1. The minimum Gasteiger partial charge on any atom is -0.377 e. The summed E-state index contributed by atoms with van der Waals surface area (Å²) in [5, 5.41) is 7.40. The highest BCUT2D eigenvalue weighted by molar-refractivity contribution is 9.10. The van der Waals surface area contributed by atoms with E-state index in [2.05, 4.69) is 58.4 Å². The van der Waals surface area contributed by atoms with E-state index in [4.69, 9.17) is 8.92 Å². The molecule has 0 saturated carbocycles. The average molecular weight is 404 g/mol. The summed E-state index contributed by atoms with van der Waals surface area (Å²) in [7, 11) is 0. The Morgan fingerprint density at radius 2 is 2.09 bits per heavy atom. The van der Waals surface area contributed by atoms with Crippen molar-refractivity contribution in [1.82, 2.24) is 14.6 Å². The Morgan fingerprint density at radius 1 is 1.30 bits per heavy atom. The van der Waals surface area contributed by atoms with Crippen LogP contribution in [-0.4, -0.2) is 52.0 Å². The number of aromatic nitrogens is 3. The normalized spacial score (nSPS) is 13.4. The maximum absolute atomic E-state index is 5.78. The minimum absolute atomic E-state index is 0.0543. The van der Waals surface area contributed by atoms with Gasteiger partial charge in [0.15, 0.2) is 10.4 Å². The van der Waals surface area contributed by atoms with Crippen LogP contribution in [0.4, 0.5) is 5.82 Å². The second-order valence-corrected chi connectivity index (χ2v) is 9.22. The predicted octanol–water partition coefficient (Wildman–Crippen LogP) is 2.90. The average Bonchev–Trinajstić information content (AvgIpc) is 2.86. The maximum atomic E-state index is 5.78. The van der Waals surface area contributed by atoms with Gasteiger partial charge in [-0.2, -0.15) is 9.28 Å². The van der Waals surface area contributed by atoms with Gasteiger partial charge in [0.25, 0.3) is 0 Å². The van der Waals surface area contributed by atoms with Crippen LogP contribution in [0.15, 0.2) is 22.9 Å².